The van der Waals surface area contributed by atoms with Crippen molar-refractivity contribution in [1.29, 1.82) is 0 Å². The number of aliphatic carboxylic acids is 1. The van der Waals surface area contributed by atoms with E-state index in [0.717, 1.165) is 31.9 Å². The molecule has 0 spiro atoms. The molecule has 10 nitrogen and oxygen atoms in total. The molecule has 0 aromatic carbocycles. The van der Waals surface area contributed by atoms with Crippen molar-refractivity contribution in [2.75, 3.05) is 26.7 Å². The number of halogens is 3. The third kappa shape index (κ3) is 10.8. The Kier molecular flexibility index (Phi) is 12.4. The molecule has 0 saturated heterocycles. The molecule has 0 bridgehead atoms. The van der Waals surface area contributed by atoms with Gasteiger partial charge in [0.05, 0.1) is 12.6 Å². The maximum atomic E-state index is 12.2. The first-order chi connectivity index (χ1) is 13.9. The molecule has 174 valence electrons. The smallest absolute Gasteiger partial charge is 0.475 e. The second kappa shape index (κ2) is 13.6. The van der Waals surface area contributed by atoms with E-state index in [1.54, 1.807) is 7.05 Å². The largest absolute Gasteiger partial charge is 0.490 e. The number of hydrogen-bond donors (Lipinski definition) is 6. The molecule has 0 unspecified atom stereocenters. The number of rotatable bonds is 9. The Labute approximate surface area is 173 Å². The number of nitrogens with zero attached hydrogens (tertiary/aromatic N) is 1. The van der Waals surface area contributed by atoms with Crippen LogP contribution in [0.4, 0.5) is 13.2 Å². The number of aliphatic imine (C=N–C) groups is 1. The Morgan fingerprint density at radius 1 is 1.30 bits per heavy atom. The summed E-state index contributed by atoms with van der Waals surface area (Å²) in [6.07, 6.45) is -2.98. The number of guanidine groups is 1. The first-order valence-electron chi connectivity index (χ1n) is 9.53. The van der Waals surface area contributed by atoms with Gasteiger partial charge < -0.3 is 32.1 Å². The van der Waals surface area contributed by atoms with E-state index in [1.165, 1.54) is 0 Å². The normalized spacial score (nSPS) is 16.0. The molecule has 0 aromatic rings. The number of hydrogen-bond acceptors (Lipinski definition) is 7. The van der Waals surface area contributed by atoms with Gasteiger partial charge in [0.1, 0.15) is 6.04 Å². The second-order valence-corrected chi connectivity index (χ2v) is 6.62. The molecular weight excluding hydrogens is 409 g/mol. The molecule has 2 amide bonds. The van der Waals surface area contributed by atoms with E-state index in [9.17, 15) is 22.8 Å². The number of alkyl halides is 3. The predicted octanol–water partition coefficient (Wildman–Crippen LogP) is -0.447. The van der Waals surface area contributed by atoms with Crippen LogP contribution in [0, 0.1) is 5.92 Å². The van der Waals surface area contributed by atoms with E-state index >= 15 is 0 Å². The quantitative estimate of drug-likeness (QED) is 0.265. The topological polar surface area (TPSA) is 158 Å². The summed E-state index contributed by atoms with van der Waals surface area (Å²) in [6, 6.07) is -1.16. The molecule has 1 heterocycles. The van der Waals surface area contributed by atoms with Crippen molar-refractivity contribution in [2.45, 2.75) is 51.4 Å². The predicted molar refractivity (Wildman–Crippen MR) is 105 cm³/mol. The van der Waals surface area contributed by atoms with Crippen molar-refractivity contribution in [2.24, 2.45) is 16.6 Å². The van der Waals surface area contributed by atoms with E-state index in [2.05, 4.69) is 26.3 Å². The van der Waals surface area contributed by atoms with Crippen LogP contribution in [0.15, 0.2) is 4.99 Å². The maximum Gasteiger partial charge on any atom is 0.490 e. The summed E-state index contributed by atoms with van der Waals surface area (Å²) in [5, 5.41) is 18.8. The highest BCUT2D eigenvalue weighted by Gasteiger charge is 2.38. The summed E-state index contributed by atoms with van der Waals surface area (Å²) in [6.45, 7) is 6.28. The zero-order chi connectivity index (χ0) is 23.3. The van der Waals surface area contributed by atoms with Gasteiger partial charge in [-0.2, -0.15) is 13.2 Å². The molecule has 1 rings (SSSR count). The average molecular weight is 440 g/mol. The van der Waals surface area contributed by atoms with Crippen molar-refractivity contribution in [3.8, 4) is 0 Å². The van der Waals surface area contributed by atoms with E-state index in [4.69, 9.17) is 15.6 Å². The molecule has 0 aromatic heterocycles. The number of amides is 2. The van der Waals surface area contributed by atoms with Crippen molar-refractivity contribution in [3.05, 3.63) is 0 Å². The third-order valence-electron chi connectivity index (χ3n) is 4.28. The Hall–Kier alpha value is -2.57. The van der Waals surface area contributed by atoms with E-state index in [0.29, 0.717) is 13.0 Å². The number of likely N-dealkylation sites (N-methyl/N-ethyl adjacent to an activating group) is 1. The number of nitrogens with one attached hydrogen (secondary N) is 4. The number of carbonyl (C=O) groups excluding carboxylic acids is 2. The summed E-state index contributed by atoms with van der Waals surface area (Å²) in [4.78, 5) is 37.2. The summed E-state index contributed by atoms with van der Waals surface area (Å²) in [5.74, 6) is -2.37. The van der Waals surface area contributed by atoms with E-state index in [-0.39, 0.29) is 17.7 Å². The van der Waals surface area contributed by atoms with Crippen LogP contribution in [0.3, 0.4) is 0 Å². The van der Waals surface area contributed by atoms with Gasteiger partial charge in [0.15, 0.2) is 5.96 Å². The number of nitrogens with two attached hydrogens (primary N) is 1. The van der Waals surface area contributed by atoms with Gasteiger partial charge in [-0.1, -0.05) is 20.3 Å². The second-order valence-electron chi connectivity index (χ2n) is 6.62. The minimum absolute atomic E-state index is 0.0548. The highest BCUT2D eigenvalue weighted by atomic mass is 19.4. The SMILES string of the molecule is CC[C@H](C)[C@H](NC(=O)[C@@H](N)CCCNC1=NCCN1)C(=O)NC.O=C(O)C(F)(F)F. The van der Waals surface area contributed by atoms with Gasteiger partial charge in [0.25, 0.3) is 0 Å². The fourth-order valence-corrected chi connectivity index (χ4v) is 2.29. The first-order valence-corrected chi connectivity index (χ1v) is 9.53. The minimum Gasteiger partial charge on any atom is -0.475 e. The molecule has 3 atom stereocenters. The van der Waals surface area contributed by atoms with E-state index in [1.807, 2.05) is 13.8 Å². The van der Waals surface area contributed by atoms with Gasteiger partial charge in [0.2, 0.25) is 11.8 Å². The Morgan fingerprint density at radius 3 is 2.33 bits per heavy atom. The first kappa shape index (κ1) is 27.4. The van der Waals surface area contributed by atoms with Crippen molar-refractivity contribution in [3.63, 3.8) is 0 Å². The highest BCUT2D eigenvalue weighted by molar-refractivity contribution is 5.89. The van der Waals surface area contributed by atoms with Gasteiger partial charge >= 0.3 is 12.1 Å². The standard InChI is InChI=1S/C15H30N6O2.C2HF3O2/c1-4-10(2)12(14(23)17-3)21-13(22)11(16)6-5-7-18-15-19-8-9-20-15;3-2(4,5)1(6)7/h10-12H,4-9,16H2,1-3H3,(H,17,23)(H,21,22)(H2,18,19,20);(H,6,7)/t10-,11-,12-;/m0./s1. The maximum absolute atomic E-state index is 12.2. The lowest BCUT2D eigenvalue weighted by Crippen LogP contribution is -2.53. The molecule has 0 radical (unpaired) electrons. The molecule has 13 heteroatoms. The number of carbonyl (C=O) groups is 3. The van der Waals surface area contributed by atoms with Gasteiger partial charge in [-0.25, -0.2) is 4.79 Å². The molecule has 1 aliphatic heterocycles. The summed E-state index contributed by atoms with van der Waals surface area (Å²) in [5.41, 5.74) is 5.93. The molecule has 0 aliphatic carbocycles. The lowest BCUT2D eigenvalue weighted by atomic mass is 9.97. The van der Waals surface area contributed by atoms with Gasteiger partial charge in [-0.3, -0.25) is 14.6 Å². The third-order valence-corrected chi connectivity index (χ3v) is 4.28. The summed E-state index contributed by atoms with van der Waals surface area (Å²) < 4.78 is 31.7. The van der Waals surface area contributed by atoms with Gasteiger partial charge in [-0.15, -0.1) is 0 Å². The fraction of sp³-hybridized carbons (Fsp3) is 0.765. The van der Waals surface area contributed by atoms with Crippen molar-refractivity contribution < 1.29 is 32.7 Å². The Bertz CT molecular complexity index is 601. The van der Waals surface area contributed by atoms with Crippen LogP contribution in [0.1, 0.15) is 33.1 Å². The lowest BCUT2D eigenvalue weighted by Gasteiger charge is -2.24. The van der Waals surface area contributed by atoms with Crippen molar-refractivity contribution >= 4 is 23.7 Å². The summed E-state index contributed by atoms with van der Waals surface area (Å²) >= 11 is 0. The molecule has 1 aliphatic rings. The molecular formula is C17H31F3N6O4. The number of carboxylic acids is 1. The molecule has 7 N–H and O–H groups in total. The zero-order valence-corrected chi connectivity index (χ0v) is 17.3. The molecule has 30 heavy (non-hydrogen) atoms. The molecule has 0 saturated carbocycles. The fourth-order valence-electron chi connectivity index (χ4n) is 2.29. The van der Waals surface area contributed by atoms with Crippen LogP contribution in [0.2, 0.25) is 0 Å². The van der Waals surface area contributed by atoms with Gasteiger partial charge in [0, 0.05) is 20.1 Å². The lowest BCUT2D eigenvalue weighted by molar-refractivity contribution is -0.192. The highest BCUT2D eigenvalue weighted by Crippen LogP contribution is 2.13. The van der Waals surface area contributed by atoms with Crippen LogP contribution < -0.4 is 27.0 Å². The average Bonchev–Trinajstić information content (AvgIpc) is 3.21. The number of carboxylic acid groups (broad SMARTS) is 1. The summed E-state index contributed by atoms with van der Waals surface area (Å²) in [7, 11) is 1.56. The van der Waals surface area contributed by atoms with Crippen LogP contribution >= 0.6 is 0 Å². The van der Waals surface area contributed by atoms with Gasteiger partial charge in [-0.05, 0) is 18.8 Å². The van der Waals surface area contributed by atoms with E-state index < -0.39 is 24.2 Å². The van der Waals surface area contributed by atoms with Crippen LogP contribution in [0.25, 0.3) is 0 Å². The monoisotopic (exact) mass is 440 g/mol. The molecule has 0 fully saturated rings. The zero-order valence-electron chi connectivity index (χ0n) is 17.3. The minimum atomic E-state index is -5.08. The van der Waals surface area contributed by atoms with Crippen LogP contribution in [-0.4, -0.2) is 73.8 Å². The Morgan fingerprint density at radius 2 is 1.90 bits per heavy atom. The van der Waals surface area contributed by atoms with Crippen LogP contribution in [0.5, 0.6) is 0 Å². The van der Waals surface area contributed by atoms with Crippen molar-refractivity contribution in [1.82, 2.24) is 21.3 Å². The Balaban J connectivity index is 0.00000103. The van der Waals surface area contributed by atoms with Crippen LogP contribution in [-0.2, 0) is 14.4 Å².